The Labute approximate surface area is 172 Å². The third kappa shape index (κ3) is 5.89. The van der Waals surface area contributed by atoms with Crippen LogP contribution in [-0.4, -0.2) is 67.4 Å². The Morgan fingerprint density at radius 2 is 1.62 bits per heavy atom. The molecule has 6 nitrogen and oxygen atoms in total. The van der Waals surface area contributed by atoms with Gasteiger partial charge >= 0.3 is 0 Å². The highest BCUT2D eigenvalue weighted by Gasteiger charge is 2.21. The van der Waals surface area contributed by atoms with Crippen molar-refractivity contribution in [2.24, 2.45) is 0 Å². The molecule has 1 heterocycles. The summed E-state index contributed by atoms with van der Waals surface area (Å²) in [6.45, 7) is 10.0. The molecule has 1 saturated heterocycles. The lowest BCUT2D eigenvalue weighted by Crippen LogP contribution is -2.51. The van der Waals surface area contributed by atoms with Crippen LogP contribution in [0.4, 0.5) is 0 Å². The van der Waals surface area contributed by atoms with Crippen molar-refractivity contribution in [1.29, 1.82) is 0 Å². The van der Waals surface area contributed by atoms with Gasteiger partial charge in [0, 0.05) is 32.7 Å². The van der Waals surface area contributed by atoms with Crippen molar-refractivity contribution < 1.29 is 9.59 Å². The van der Waals surface area contributed by atoms with Gasteiger partial charge in [-0.1, -0.05) is 48.5 Å². The van der Waals surface area contributed by atoms with Crippen LogP contribution >= 0.6 is 0 Å². The predicted molar refractivity (Wildman–Crippen MR) is 117 cm³/mol. The molecule has 3 rings (SSSR count). The molecule has 0 aliphatic carbocycles. The smallest absolute Gasteiger partial charge is 0.234 e. The van der Waals surface area contributed by atoms with Gasteiger partial charge in [0.25, 0.3) is 0 Å². The number of carbonyl (C=O) groups is 2. The molecule has 1 unspecified atom stereocenters. The quantitative estimate of drug-likeness (QED) is 0.672. The minimum atomic E-state index is -0.0524. The van der Waals surface area contributed by atoms with Crippen LogP contribution in [0.3, 0.4) is 0 Å². The summed E-state index contributed by atoms with van der Waals surface area (Å²) in [5, 5.41) is 8.28. The maximum absolute atomic E-state index is 12.6. The fourth-order valence-corrected chi connectivity index (χ4v) is 3.75. The molecule has 1 fully saturated rings. The molecule has 1 aliphatic heterocycles. The van der Waals surface area contributed by atoms with Gasteiger partial charge in [0.1, 0.15) is 0 Å². The van der Waals surface area contributed by atoms with Gasteiger partial charge in [-0.25, -0.2) is 0 Å². The average Bonchev–Trinajstić information content (AvgIpc) is 2.73. The summed E-state index contributed by atoms with van der Waals surface area (Å²) in [5.41, 5.74) is 1.13. The lowest BCUT2D eigenvalue weighted by molar-refractivity contribution is -0.125. The zero-order chi connectivity index (χ0) is 20.6. The molecule has 154 valence electrons. The highest BCUT2D eigenvalue weighted by molar-refractivity contribution is 5.87. The minimum absolute atomic E-state index is 0.0139. The second kappa shape index (κ2) is 10.2. The second-order valence-electron chi connectivity index (χ2n) is 7.50. The number of rotatable bonds is 8. The van der Waals surface area contributed by atoms with Crippen LogP contribution in [-0.2, 0) is 9.59 Å². The topological polar surface area (TPSA) is 64.7 Å². The predicted octanol–water partition coefficient (Wildman–Crippen LogP) is 1.94. The highest BCUT2D eigenvalue weighted by atomic mass is 16.2. The fourth-order valence-electron chi connectivity index (χ4n) is 3.75. The number of nitrogens with one attached hydrogen (secondary N) is 2. The number of nitrogens with zero attached hydrogens (tertiary/aromatic N) is 2. The Morgan fingerprint density at radius 3 is 2.31 bits per heavy atom. The van der Waals surface area contributed by atoms with Crippen LogP contribution in [0.25, 0.3) is 10.8 Å². The molecule has 2 amide bonds. The van der Waals surface area contributed by atoms with E-state index in [9.17, 15) is 9.59 Å². The summed E-state index contributed by atoms with van der Waals surface area (Å²) in [5.74, 6) is 0.0441. The Balaban J connectivity index is 1.46. The third-order valence-electron chi connectivity index (χ3n) is 5.31. The van der Waals surface area contributed by atoms with Crippen molar-refractivity contribution in [2.75, 3.05) is 45.8 Å². The van der Waals surface area contributed by atoms with Gasteiger partial charge in [0.05, 0.1) is 19.1 Å². The van der Waals surface area contributed by atoms with Crippen molar-refractivity contribution in [3.8, 4) is 0 Å². The molecular formula is C23H30N4O2. The summed E-state index contributed by atoms with van der Waals surface area (Å²) in [6, 6.07) is 14.4. The summed E-state index contributed by atoms with van der Waals surface area (Å²) < 4.78 is 0. The number of hydrogen-bond donors (Lipinski definition) is 2. The van der Waals surface area contributed by atoms with E-state index >= 15 is 0 Å². The molecule has 2 aromatic carbocycles. The maximum atomic E-state index is 12.6. The first-order valence-electron chi connectivity index (χ1n) is 10.2. The molecule has 0 radical (unpaired) electrons. The summed E-state index contributed by atoms with van der Waals surface area (Å²) in [6.07, 6.45) is 1.67. The van der Waals surface area contributed by atoms with E-state index in [-0.39, 0.29) is 17.9 Å². The normalized spacial score (nSPS) is 16.3. The molecule has 0 aromatic heterocycles. The summed E-state index contributed by atoms with van der Waals surface area (Å²) in [4.78, 5) is 28.6. The van der Waals surface area contributed by atoms with Crippen molar-refractivity contribution in [1.82, 2.24) is 20.4 Å². The number of fused-ring (bicyclic) bond motifs is 1. The Bertz CT molecular complexity index is 854. The number of benzene rings is 2. The highest BCUT2D eigenvalue weighted by Crippen LogP contribution is 2.23. The molecule has 2 N–H and O–H groups in total. The molecule has 1 aliphatic rings. The van der Waals surface area contributed by atoms with Gasteiger partial charge in [0.15, 0.2) is 0 Å². The van der Waals surface area contributed by atoms with E-state index in [2.05, 4.69) is 51.3 Å². The van der Waals surface area contributed by atoms with E-state index in [4.69, 9.17) is 0 Å². The minimum Gasteiger partial charge on any atom is -0.352 e. The van der Waals surface area contributed by atoms with E-state index < -0.39 is 0 Å². The van der Waals surface area contributed by atoms with Crippen LogP contribution in [0.2, 0.25) is 0 Å². The van der Waals surface area contributed by atoms with Crippen molar-refractivity contribution >= 4 is 22.6 Å². The largest absolute Gasteiger partial charge is 0.352 e. The van der Waals surface area contributed by atoms with Crippen LogP contribution in [0.5, 0.6) is 0 Å². The van der Waals surface area contributed by atoms with Crippen molar-refractivity contribution in [3.05, 3.63) is 60.7 Å². The summed E-state index contributed by atoms with van der Waals surface area (Å²) >= 11 is 0. The Kier molecular flexibility index (Phi) is 7.38. The van der Waals surface area contributed by atoms with Gasteiger partial charge < -0.3 is 10.6 Å². The fraction of sp³-hybridized carbons (Fsp3) is 0.391. The zero-order valence-corrected chi connectivity index (χ0v) is 17.1. The van der Waals surface area contributed by atoms with E-state index in [1.165, 1.54) is 10.8 Å². The molecule has 2 aromatic rings. The maximum Gasteiger partial charge on any atom is 0.234 e. The van der Waals surface area contributed by atoms with Gasteiger partial charge in [-0.05, 0) is 23.3 Å². The van der Waals surface area contributed by atoms with E-state index in [1.807, 2.05) is 25.1 Å². The number of amides is 2. The lowest BCUT2D eigenvalue weighted by Gasteiger charge is -2.34. The average molecular weight is 395 g/mol. The van der Waals surface area contributed by atoms with E-state index in [1.54, 1.807) is 6.08 Å². The standard InChI is InChI=1S/C23H30N4O2/c1-3-11-24-22(28)16-26-12-14-27(15-13-26)17-23(29)25-18(2)20-10-6-8-19-7-4-5-9-21(19)20/h3-10,18H,1,11-17H2,2H3,(H,24,28)(H,25,29). The molecule has 1 atom stereocenters. The molecule has 0 bridgehead atoms. The van der Waals surface area contributed by atoms with Crippen molar-refractivity contribution in [3.63, 3.8) is 0 Å². The SMILES string of the molecule is C=CCNC(=O)CN1CCN(CC(=O)NC(C)c2cccc3ccccc23)CC1. The third-order valence-corrected chi connectivity index (χ3v) is 5.31. The number of piperazine rings is 1. The first-order chi connectivity index (χ1) is 14.1. The molecule has 0 saturated carbocycles. The van der Waals surface area contributed by atoms with Crippen LogP contribution in [0.1, 0.15) is 18.5 Å². The molecule has 0 spiro atoms. The zero-order valence-electron chi connectivity index (χ0n) is 17.1. The second-order valence-corrected chi connectivity index (χ2v) is 7.50. The van der Waals surface area contributed by atoms with Gasteiger partial charge in [-0.2, -0.15) is 0 Å². The van der Waals surface area contributed by atoms with Crippen LogP contribution in [0, 0.1) is 0 Å². The van der Waals surface area contributed by atoms with Gasteiger partial charge in [-0.15, -0.1) is 6.58 Å². The van der Waals surface area contributed by atoms with Crippen molar-refractivity contribution in [2.45, 2.75) is 13.0 Å². The summed E-state index contributed by atoms with van der Waals surface area (Å²) in [7, 11) is 0. The molecule has 29 heavy (non-hydrogen) atoms. The number of carbonyl (C=O) groups excluding carboxylic acids is 2. The van der Waals surface area contributed by atoms with E-state index in [0.29, 0.717) is 19.6 Å². The van der Waals surface area contributed by atoms with Crippen LogP contribution in [0.15, 0.2) is 55.1 Å². The van der Waals surface area contributed by atoms with Gasteiger partial charge in [-0.3, -0.25) is 19.4 Å². The monoisotopic (exact) mass is 394 g/mol. The van der Waals surface area contributed by atoms with Crippen LogP contribution < -0.4 is 10.6 Å². The van der Waals surface area contributed by atoms with E-state index in [0.717, 1.165) is 31.7 Å². The first kappa shape index (κ1) is 21.0. The molecule has 6 heteroatoms. The Hall–Kier alpha value is -2.70. The Morgan fingerprint density at radius 1 is 1.00 bits per heavy atom. The number of hydrogen-bond acceptors (Lipinski definition) is 4. The first-order valence-corrected chi connectivity index (χ1v) is 10.2. The lowest BCUT2D eigenvalue weighted by atomic mass is 10.00. The van der Waals surface area contributed by atoms with Gasteiger partial charge in [0.2, 0.25) is 11.8 Å². The molecular weight excluding hydrogens is 364 g/mol.